The summed E-state index contributed by atoms with van der Waals surface area (Å²) in [4.78, 5) is 0. The zero-order valence-corrected chi connectivity index (χ0v) is 9.36. The summed E-state index contributed by atoms with van der Waals surface area (Å²) in [6.07, 6.45) is -10.9. The van der Waals surface area contributed by atoms with Crippen LogP contribution in [0.5, 0.6) is 0 Å². The van der Waals surface area contributed by atoms with E-state index >= 15 is 0 Å². The molecule has 0 spiro atoms. The molecular weight excluding hydrogens is 252 g/mol. The highest BCUT2D eigenvalue weighted by Crippen LogP contribution is 2.30. The Hall–Kier alpha value is -0.360. The highest BCUT2D eigenvalue weighted by molar-refractivity contribution is 4.99. The van der Waals surface area contributed by atoms with E-state index < -0.39 is 55.6 Å². The van der Waals surface area contributed by atoms with Gasteiger partial charge >= 0.3 is 0 Å². The molecule has 0 aromatic rings. The van der Waals surface area contributed by atoms with E-state index in [4.69, 9.17) is 14.9 Å². The van der Waals surface area contributed by atoms with Crippen LogP contribution in [0.3, 0.4) is 0 Å². The fourth-order valence-electron chi connectivity index (χ4n) is 1.75. The Kier molecular flexibility index (Phi) is 5.00. The Morgan fingerprint density at radius 3 is 2.06 bits per heavy atom. The van der Waals surface area contributed by atoms with Gasteiger partial charge < -0.3 is 45.6 Å². The fourth-order valence-corrected chi connectivity index (χ4v) is 1.75. The second kappa shape index (κ2) is 5.74. The molecule has 0 aromatic heterocycles. The zero-order valence-electron chi connectivity index (χ0n) is 9.36. The predicted molar refractivity (Wildman–Crippen MR) is 54.0 cm³/mol. The number of hydrogen-bond acceptors (Lipinski definition) is 9. The van der Waals surface area contributed by atoms with Gasteiger partial charge in [-0.25, -0.2) is 0 Å². The van der Waals surface area contributed by atoms with Gasteiger partial charge in [0.1, 0.15) is 36.6 Å². The molecule has 9 nitrogen and oxygen atoms in total. The minimum absolute atomic E-state index is 0.843. The molecule has 7 atom stereocenters. The molecule has 1 unspecified atom stereocenters. The van der Waals surface area contributed by atoms with E-state index in [9.17, 15) is 30.6 Å². The molecule has 1 fully saturated rings. The molecule has 0 aliphatic carbocycles. The van der Waals surface area contributed by atoms with Crippen molar-refractivity contribution in [1.29, 1.82) is 0 Å². The van der Waals surface area contributed by atoms with E-state index in [1.54, 1.807) is 0 Å². The summed E-state index contributed by atoms with van der Waals surface area (Å²) in [6.45, 7) is -1.94. The lowest BCUT2D eigenvalue weighted by Gasteiger charge is -2.46. The van der Waals surface area contributed by atoms with Crippen LogP contribution < -0.4 is 0 Å². The number of rotatable bonds is 4. The van der Waals surface area contributed by atoms with E-state index in [-0.39, 0.29) is 0 Å². The summed E-state index contributed by atoms with van der Waals surface area (Å²) >= 11 is 0. The summed E-state index contributed by atoms with van der Waals surface area (Å²) in [6, 6.07) is 0. The lowest BCUT2D eigenvalue weighted by molar-refractivity contribution is -0.368. The Morgan fingerprint density at radius 2 is 1.61 bits per heavy atom. The standard InChI is InChI=1S/C9H18O9/c10-1-3(12)4(13)7-5(14)6(15)8(16)9(17,2-11)18-7/h3-8,10-17H,1-2H2/t3-,4+,5+,6+,7-,8-,9?/m1/s1. The molecule has 1 aliphatic rings. The highest BCUT2D eigenvalue weighted by Gasteiger charge is 2.54. The average Bonchev–Trinajstić information content (AvgIpc) is 2.38. The molecule has 8 N–H and O–H groups in total. The smallest absolute Gasteiger partial charge is 0.219 e. The Bertz CT molecular complexity index is 271. The lowest BCUT2D eigenvalue weighted by atomic mass is 9.89. The van der Waals surface area contributed by atoms with E-state index in [2.05, 4.69) is 0 Å². The van der Waals surface area contributed by atoms with Crippen molar-refractivity contribution in [3.63, 3.8) is 0 Å². The van der Waals surface area contributed by atoms with Crippen LogP contribution in [0, 0.1) is 0 Å². The van der Waals surface area contributed by atoms with Crippen LogP contribution in [0.15, 0.2) is 0 Å². The highest BCUT2D eigenvalue weighted by atomic mass is 16.7. The molecule has 1 rings (SSSR count). The third kappa shape index (κ3) is 2.64. The first kappa shape index (κ1) is 15.7. The zero-order chi connectivity index (χ0) is 14.1. The third-order valence-electron chi connectivity index (χ3n) is 2.96. The van der Waals surface area contributed by atoms with Gasteiger partial charge in [0.25, 0.3) is 0 Å². The van der Waals surface area contributed by atoms with Crippen LogP contribution in [-0.4, -0.2) is 96.5 Å². The van der Waals surface area contributed by atoms with Crippen LogP contribution >= 0.6 is 0 Å². The van der Waals surface area contributed by atoms with E-state index in [1.165, 1.54) is 0 Å². The van der Waals surface area contributed by atoms with Crippen molar-refractivity contribution in [3.05, 3.63) is 0 Å². The van der Waals surface area contributed by atoms with Gasteiger partial charge in [0.2, 0.25) is 5.79 Å². The second-order valence-electron chi connectivity index (χ2n) is 4.25. The second-order valence-corrected chi connectivity index (χ2v) is 4.25. The van der Waals surface area contributed by atoms with Crippen molar-refractivity contribution < 1.29 is 45.6 Å². The molecule has 1 heterocycles. The van der Waals surface area contributed by atoms with Gasteiger partial charge in [-0.1, -0.05) is 0 Å². The van der Waals surface area contributed by atoms with Gasteiger partial charge in [0.05, 0.1) is 13.2 Å². The maximum Gasteiger partial charge on any atom is 0.219 e. The van der Waals surface area contributed by atoms with Gasteiger partial charge in [0, 0.05) is 0 Å². The van der Waals surface area contributed by atoms with Crippen LogP contribution in [0.2, 0.25) is 0 Å². The van der Waals surface area contributed by atoms with Crippen molar-refractivity contribution in [1.82, 2.24) is 0 Å². The first-order valence-corrected chi connectivity index (χ1v) is 5.30. The first-order chi connectivity index (χ1) is 8.28. The molecule has 0 aromatic carbocycles. The van der Waals surface area contributed by atoms with Gasteiger partial charge in [-0.05, 0) is 0 Å². The molecule has 9 heteroatoms. The minimum atomic E-state index is -2.58. The molecule has 1 saturated heterocycles. The average molecular weight is 270 g/mol. The lowest BCUT2D eigenvalue weighted by Crippen LogP contribution is -2.69. The summed E-state index contributed by atoms with van der Waals surface area (Å²) < 4.78 is 4.73. The number of aliphatic hydroxyl groups is 8. The summed E-state index contributed by atoms with van der Waals surface area (Å²) in [5.74, 6) is -2.58. The van der Waals surface area contributed by atoms with Crippen molar-refractivity contribution in [3.8, 4) is 0 Å². The minimum Gasteiger partial charge on any atom is -0.394 e. The van der Waals surface area contributed by atoms with Crippen LogP contribution in [0.4, 0.5) is 0 Å². The van der Waals surface area contributed by atoms with Crippen LogP contribution in [0.1, 0.15) is 0 Å². The van der Waals surface area contributed by atoms with Gasteiger partial charge in [-0.2, -0.15) is 0 Å². The van der Waals surface area contributed by atoms with Crippen molar-refractivity contribution >= 4 is 0 Å². The number of aliphatic hydroxyl groups excluding tert-OH is 7. The number of ether oxygens (including phenoxy) is 1. The Labute approximate surface area is 102 Å². The van der Waals surface area contributed by atoms with Crippen molar-refractivity contribution in [2.24, 2.45) is 0 Å². The first-order valence-electron chi connectivity index (χ1n) is 5.30. The molecule has 0 saturated carbocycles. The Morgan fingerprint density at radius 1 is 1.06 bits per heavy atom. The molecule has 1 aliphatic heterocycles. The normalized spacial score (nSPS) is 44.7. The van der Waals surface area contributed by atoms with Gasteiger partial charge in [-0.15, -0.1) is 0 Å². The molecule has 0 bridgehead atoms. The number of hydrogen-bond donors (Lipinski definition) is 8. The summed E-state index contributed by atoms with van der Waals surface area (Å²) in [7, 11) is 0. The SMILES string of the molecule is OC[C@@H](O)[C@H](O)[C@H]1OC(O)(CO)[C@H](O)[C@@H](O)[C@@H]1O. The molecular formula is C9H18O9. The monoisotopic (exact) mass is 270 g/mol. The summed E-state index contributed by atoms with van der Waals surface area (Å²) in [5, 5.41) is 74.5. The quantitative estimate of drug-likeness (QED) is 0.249. The molecule has 0 radical (unpaired) electrons. The third-order valence-corrected chi connectivity index (χ3v) is 2.96. The molecule has 108 valence electrons. The van der Waals surface area contributed by atoms with Crippen LogP contribution in [0.25, 0.3) is 0 Å². The molecule has 18 heavy (non-hydrogen) atoms. The topological polar surface area (TPSA) is 171 Å². The van der Waals surface area contributed by atoms with Crippen LogP contribution in [-0.2, 0) is 4.74 Å². The van der Waals surface area contributed by atoms with Gasteiger partial charge in [-0.3, -0.25) is 0 Å². The summed E-state index contributed by atoms with van der Waals surface area (Å²) in [5.41, 5.74) is 0. The van der Waals surface area contributed by atoms with E-state index in [0.29, 0.717) is 0 Å². The Balaban J connectivity index is 2.92. The van der Waals surface area contributed by atoms with Crippen molar-refractivity contribution in [2.45, 2.75) is 42.4 Å². The van der Waals surface area contributed by atoms with E-state index in [0.717, 1.165) is 0 Å². The fraction of sp³-hybridized carbons (Fsp3) is 1.00. The van der Waals surface area contributed by atoms with Crippen molar-refractivity contribution in [2.75, 3.05) is 13.2 Å². The maximum atomic E-state index is 9.66. The maximum absolute atomic E-state index is 9.66. The van der Waals surface area contributed by atoms with E-state index in [1.807, 2.05) is 0 Å². The van der Waals surface area contributed by atoms with Gasteiger partial charge in [0.15, 0.2) is 0 Å². The predicted octanol–water partition coefficient (Wildman–Crippen LogP) is -5.14. The molecule has 0 amide bonds. The largest absolute Gasteiger partial charge is 0.394 e.